The van der Waals surface area contributed by atoms with E-state index in [1.807, 2.05) is 0 Å². The van der Waals surface area contributed by atoms with Crippen LogP contribution in [0.1, 0.15) is 52.4 Å². The first kappa shape index (κ1) is 11.0. The third-order valence-electron chi connectivity index (χ3n) is 4.10. The molecule has 0 radical (unpaired) electrons. The van der Waals surface area contributed by atoms with Gasteiger partial charge in [0, 0.05) is 6.92 Å². The fourth-order valence-corrected chi connectivity index (χ4v) is 3.66. The van der Waals surface area contributed by atoms with Gasteiger partial charge in [-0.25, -0.2) is 0 Å². The van der Waals surface area contributed by atoms with E-state index in [9.17, 15) is 4.79 Å². The summed E-state index contributed by atoms with van der Waals surface area (Å²) in [5.41, 5.74) is 0. The zero-order valence-corrected chi connectivity index (χ0v) is 9.87. The standard InChI is InChI=1S/C13H22O2/c1-3-4-10-5-11-7-13(15-9(2)14)8-12(11)6-10/h10-13H,3-8H2,1-2H3/t10?,11-,12?,13+/m0/s1. The SMILES string of the molecule is CCCC1CC2C[C@H](OC(C)=O)C[C@@H]2C1. The molecule has 2 aliphatic carbocycles. The lowest BCUT2D eigenvalue weighted by Gasteiger charge is -2.14. The second-order valence-electron chi connectivity index (χ2n) is 5.35. The van der Waals surface area contributed by atoms with Crippen LogP contribution in [0.2, 0.25) is 0 Å². The number of hydrogen-bond acceptors (Lipinski definition) is 2. The quantitative estimate of drug-likeness (QED) is 0.669. The van der Waals surface area contributed by atoms with E-state index in [0.29, 0.717) is 0 Å². The van der Waals surface area contributed by atoms with Crippen LogP contribution >= 0.6 is 0 Å². The Bertz CT molecular complexity index is 223. The summed E-state index contributed by atoms with van der Waals surface area (Å²) in [4.78, 5) is 10.9. The molecule has 86 valence electrons. The van der Waals surface area contributed by atoms with E-state index in [1.165, 1.54) is 32.6 Å². The normalized spacial score (nSPS) is 39.1. The van der Waals surface area contributed by atoms with Gasteiger partial charge < -0.3 is 4.74 Å². The van der Waals surface area contributed by atoms with Crippen LogP contribution in [0.3, 0.4) is 0 Å². The maximum Gasteiger partial charge on any atom is 0.302 e. The Morgan fingerprint density at radius 1 is 1.20 bits per heavy atom. The van der Waals surface area contributed by atoms with Crippen LogP contribution in [-0.2, 0) is 9.53 Å². The van der Waals surface area contributed by atoms with E-state index in [1.54, 1.807) is 0 Å². The summed E-state index contributed by atoms with van der Waals surface area (Å²) >= 11 is 0. The maximum absolute atomic E-state index is 10.9. The Labute approximate surface area is 92.4 Å². The number of fused-ring (bicyclic) bond motifs is 1. The summed E-state index contributed by atoms with van der Waals surface area (Å²) in [6, 6.07) is 0. The maximum atomic E-state index is 10.9. The number of ether oxygens (including phenoxy) is 1. The van der Waals surface area contributed by atoms with Crippen LogP contribution < -0.4 is 0 Å². The van der Waals surface area contributed by atoms with E-state index in [4.69, 9.17) is 4.74 Å². The molecule has 0 aromatic carbocycles. The number of carbonyl (C=O) groups is 1. The second-order valence-corrected chi connectivity index (χ2v) is 5.35. The Morgan fingerprint density at radius 3 is 2.27 bits per heavy atom. The molecule has 0 bridgehead atoms. The number of hydrogen-bond donors (Lipinski definition) is 0. The molecule has 2 fully saturated rings. The van der Waals surface area contributed by atoms with Crippen molar-refractivity contribution < 1.29 is 9.53 Å². The van der Waals surface area contributed by atoms with Crippen molar-refractivity contribution in [2.45, 2.75) is 58.5 Å². The van der Waals surface area contributed by atoms with Crippen LogP contribution in [0.4, 0.5) is 0 Å². The van der Waals surface area contributed by atoms with Gasteiger partial charge in [0.1, 0.15) is 6.10 Å². The molecular formula is C13H22O2. The third kappa shape index (κ3) is 2.53. The topological polar surface area (TPSA) is 26.3 Å². The average molecular weight is 210 g/mol. The fourth-order valence-electron chi connectivity index (χ4n) is 3.66. The number of rotatable bonds is 3. The van der Waals surface area contributed by atoms with Gasteiger partial charge in [-0.3, -0.25) is 4.79 Å². The molecule has 0 saturated heterocycles. The molecule has 2 heteroatoms. The van der Waals surface area contributed by atoms with Gasteiger partial charge in [-0.15, -0.1) is 0 Å². The van der Waals surface area contributed by atoms with Crippen LogP contribution in [0.5, 0.6) is 0 Å². The molecule has 2 aliphatic rings. The van der Waals surface area contributed by atoms with Crippen molar-refractivity contribution in [1.82, 2.24) is 0 Å². The first-order valence-electron chi connectivity index (χ1n) is 6.36. The average Bonchev–Trinajstić information content (AvgIpc) is 2.60. The van der Waals surface area contributed by atoms with E-state index < -0.39 is 0 Å². The van der Waals surface area contributed by atoms with Gasteiger partial charge in [-0.1, -0.05) is 19.8 Å². The lowest BCUT2D eigenvalue weighted by atomic mass is 9.98. The predicted octanol–water partition coefficient (Wildman–Crippen LogP) is 3.15. The summed E-state index contributed by atoms with van der Waals surface area (Å²) in [5.74, 6) is 2.56. The van der Waals surface area contributed by atoms with E-state index >= 15 is 0 Å². The highest BCUT2D eigenvalue weighted by atomic mass is 16.5. The van der Waals surface area contributed by atoms with E-state index in [0.717, 1.165) is 30.6 Å². The van der Waals surface area contributed by atoms with Crippen molar-refractivity contribution in [1.29, 1.82) is 0 Å². The van der Waals surface area contributed by atoms with Crippen molar-refractivity contribution in [2.24, 2.45) is 17.8 Å². The molecule has 0 N–H and O–H groups in total. The monoisotopic (exact) mass is 210 g/mol. The van der Waals surface area contributed by atoms with Gasteiger partial charge in [0.2, 0.25) is 0 Å². The molecule has 2 rings (SSSR count). The third-order valence-corrected chi connectivity index (χ3v) is 4.10. The number of carbonyl (C=O) groups excluding carboxylic acids is 1. The molecule has 4 atom stereocenters. The van der Waals surface area contributed by atoms with E-state index in [2.05, 4.69) is 6.92 Å². The molecule has 0 amide bonds. The lowest BCUT2D eigenvalue weighted by molar-refractivity contribution is -0.146. The Kier molecular flexibility index (Phi) is 3.32. The smallest absolute Gasteiger partial charge is 0.302 e. The molecule has 2 saturated carbocycles. The fraction of sp³-hybridized carbons (Fsp3) is 0.923. The summed E-state index contributed by atoms with van der Waals surface area (Å²) in [6.45, 7) is 3.80. The Balaban J connectivity index is 1.80. The summed E-state index contributed by atoms with van der Waals surface area (Å²) in [6.07, 6.45) is 7.98. The zero-order chi connectivity index (χ0) is 10.8. The van der Waals surface area contributed by atoms with Crippen molar-refractivity contribution >= 4 is 5.97 Å². The van der Waals surface area contributed by atoms with Gasteiger partial charge in [-0.05, 0) is 43.4 Å². The molecule has 2 unspecified atom stereocenters. The lowest BCUT2D eigenvalue weighted by Crippen LogP contribution is -2.13. The van der Waals surface area contributed by atoms with Gasteiger partial charge in [0.25, 0.3) is 0 Å². The highest BCUT2D eigenvalue weighted by Crippen LogP contribution is 2.48. The van der Waals surface area contributed by atoms with Crippen molar-refractivity contribution in [3.63, 3.8) is 0 Å². The van der Waals surface area contributed by atoms with Gasteiger partial charge in [0.15, 0.2) is 0 Å². The van der Waals surface area contributed by atoms with Crippen LogP contribution in [-0.4, -0.2) is 12.1 Å². The summed E-state index contributed by atoms with van der Waals surface area (Å²) < 4.78 is 5.30. The summed E-state index contributed by atoms with van der Waals surface area (Å²) in [7, 11) is 0. The molecular weight excluding hydrogens is 188 g/mol. The minimum absolute atomic E-state index is 0.106. The summed E-state index contributed by atoms with van der Waals surface area (Å²) in [5, 5.41) is 0. The van der Waals surface area contributed by atoms with Crippen molar-refractivity contribution in [2.75, 3.05) is 0 Å². The molecule has 15 heavy (non-hydrogen) atoms. The van der Waals surface area contributed by atoms with Crippen molar-refractivity contribution in [3.8, 4) is 0 Å². The van der Waals surface area contributed by atoms with E-state index in [-0.39, 0.29) is 12.1 Å². The first-order valence-corrected chi connectivity index (χ1v) is 6.36. The molecule has 0 heterocycles. The molecule has 2 nitrogen and oxygen atoms in total. The molecule has 0 aromatic heterocycles. The first-order chi connectivity index (χ1) is 7.19. The minimum Gasteiger partial charge on any atom is -0.463 e. The van der Waals surface area contributed by atoms with Crippen LogP contribution in [0, 0.1) is 17.8 Å². The second kappa shape index (κ2) is 4.54. The Hall–Kier alpha value is -0.530. The molecule has 0 aliphatic heterocycles. The van der Waals surface area contributed by atoms with Crippen LogP contribution in [0.25, 0.3) is 0 Å². The van der Waals surface area contributed by atoms with Gasteiger partial charge in [-0.2, -0.15) is 0 Å². The predicted molar refractivity (Wildman–Crippen MR) is 59.4 cm³/mol. The Morgan fingerprint density at radius 2 is 1.80 bits per heavy atom. The number of esters is 1. The molecule has 0 spiro atoms. The zero-order valence-electron chi connectivity index (χ0n) is 9.87. The van der Waals surface area contributed by atoms with Crippen LogP contribution in [0.15, 0.2) is 0 Å². The highest BCUT2D eigenvalue weighted by molar-refractivity contribution is 5.66. The highest BCUT2D eigenvalue weighted by Gasteiger charge is 2.42. The minimum atomic E-state index is -0.106. The largest absolute Gasteiger partial charge is 0.463 e. The van der Waals surface area contributed by atoms with Crippen molar-refractivity contribution in [3.05, 3.63) is 0 Å². The van der Waals surface area contributed by atoms with Gasteiger partial charge in [0.05, 0.1) is 0 Å². The van der Waals surface area contributed by atoms with Gasteiger partial charge >= 0.3 is 5.97 Å². The molecule has 0 aromatic rings.